The van der Waals surface area contributed by atoms with E-state index < -0.39 is 10.0 Å². The van der Waals surface area contributed by atoms with Crippen LogP contribution in [0.1, 0.15) is 36.5 Å². The molecule has 1 fully saturated rings. The third-order valence-corrected chi connectivity index (χ3v) is 7.52. The number of hydrogen-bond donors (Lipinski definition) is 1. The van der Waals surface area contributed by atoms with Gasteiger partial charge in [-0.3, -0.25) is 4.79 Å². The summed E-state index contributed by atoms with van der Waals surface area (Å²) < 4.78 is 28.4. The monoisotopic (exact) mass is 484 g/mol. The molecular formula is C19H21IN2O3S. The molecule has 5 nitrogen and oxygen atoms in total. The van der Waals surface area contributed by atoms with Gasteiger partial charge in [0.25, 0.3) is 5.91 Å². The lowest BCUT2D eigenvalue weighted by atomic mass is 10.1. The fourth-order valence-electron chi connectivity index (χ4n) is 3.12. The third-order valence-electron chi connectivity index (χ3n) is 4.57. The Morgan fingerprint density at radius 2 is 1.92 bits per heavy atom. The van der Waals surface area contributed by atoms with Crippen LogP contribution in [0, 0.1) is 3.57 Å². The van der Waals surface area contributed by atoms with E-state index in [1.165, 1.54) is 6.07 Å². The minimum atomic E-state index is -3.60. The van der Waals surface area contributed by atoms with E-state index in [0.717, 1.165) is 22.8 Å². The van der Waals surface area contributed by atoms with Gasteiger partial charge in [0.2, 0.25) is 10.0 Å². The first-order valence-electron chi connectivity index (χ1n) is 8.57. The molecule has 2 aromatic rings. The molecule has 2 aromatic carbocycles. The molecule has 1 heterocycles. The molecule has 1 aliphatic rings. The molecule has 138 valence electrons. The summed E-state index contributed by atoms with van der Waals surface area (Å²) in [6.07, 6.45) is 2.79. The number of carbonyl (C=O) groups is 1. The summed E-state index contributed by atoms with van der Waals surface area (Å²) in [5, 5.41) is 2.84. The van der Waals surface area contributed by atoms with Crippen molar-refractivity contribution in [3.63, 3.8) is 0 Å². The van der Waals surface area contributed by atoms with Gasteiger partial charge in [0, 0.05) is 21.7 Å². The molecule has 0 radical (unpaired) electrons. The number of para-hydroxylation sites is 1. The van der Waals surface area contributed by atoms with Gasteiger partial charge in [-0.1, -0.05) is 24.6 Å². The number of nitrogens with one attached hydrogen (secondary N) is 1. The third kappa shape index (κ3) is 4.10. The standard InChI is InChI=1S/C19H21IN2O3S/c1-14-7-4-5-12-22(14)26(24,25)16-9-6-8-15(13-16)19(23)21-18-11-3-2-10-17(18)20/h2-3,6,8-11,13-14H,4-5,7,12H2,1H3,(H,21,23). The van der Waals surface area contributed by atoms with Crippen molar-refractivity contribution in [3.8, 4) is 0 Å². The number of amides is 1. The second kappa shape index (κ2) is 8.06. The predicted molar refractivity (Wildman–Crippen MR) is 111 cm³/mol. The maximum Gasteiger partial charge on any atom is 0.255 e. The maximum atomic E-state index is 13.0. The van der Waals surface area contributed by atoms with Crippen LogP contribution in [-0.2, 0) is 10.0 Å². The Morgan fingerprint density at radius 1 is 1.15 bits per heavy atom. The lowest BCUT2D eigenvalue weighted by Crippen LogP contribution is -2.41. The predicted octanol–water partition coefficient (Wildman–Crippen LogP) is 4.11. The van der Waals surface area contributed by atoms with E-state index in [1.807, 2.05) is 31.2 Å². The smallest absolute Gasteiger partial charge is 0.255 e. The van der Waals surface area contributed by atoms with Crippen LogP contribution in [0.25, 0.3) is 0 Å². The zero-order valence-corrected chi connectivity index (χ0v) is 17.5. The number of anilines is 1. The second-order valence-corrected chi connectivity index (χ2v) is 9.48. The molecule has 3 rings (SSSR count). The Kier molecular flexibility index (Phi) is 5.99. The largest absolute Gasteiger partial charge is 0.321 e. The first-order chi connectivity index (χ1) is 12.4. The number of rotatable bonds is 4. The van der Waals surface area contributed by atoms with Gasteiger partial charge in [0.15, 0.2) is 0 Å². The number of hydrogen-bond acceptors (Lipinski definition) is 3. The number of carbonyl (C=O) groups excluding carboxylic acids is 1. The van der Waals surface area contributed by atoms with Crippen molar-refractivity contribution in [3.05, 3.63) is 57.7 Å². The molecule has 1 amide bonds. The molecule has 0 saturated carbocycles. The summed E-state index contributed by atoms with van der Waals surface area (Å²) in [4.78, 5) is 12.7. The summed E-state index contributed by atoms with van der Waals surface area (Å²) in [5.41, 5.74) is 1.03. The van der Waals surface area contributed by atoms with E-state index >= 15 is 0 Å². The number of sulfonamides is 1. The van der Waals surface area contributed by atoms with Crippen molar-refractivity contribution in [2.45, 2.75) is 37.1 Å². The Labute approximate surface area is 168 Å². The summed E-state index contributed by atoms with van der Waals surface area (Å²) in [5.74, 6) is -0.321. The topological polar surface area (TPSA) is 66.5 Å². The molecule has 0 aromatic heterocycles. The van der Waals surface area contributed by atoms with Crippen molar-refractivity contribution in [2.24, 2.45) is 0 Å². The first kappa shape index (κ1) is 19.3. The highest BCUT2D eigenvalue weighted by molar-refractivity contribution is 14.1. The Bertz CT molecular complexity index is 915. The summed E-state index contributed by atoms with van der Waals surface area (Å²) in [7, 11) is -3.60. The highest BCUT2D eigenvalue weighted by atomic mass is 127. The van der Waals surface area contributed by atoms with Gasteiger partial charge in [-0.25, -0.2) is 8.42 Å². The van der Waals surface area contributed by atoms with Crippen LogP contribution < -0.4 is 5.32 Å². The zero-order valence-electron chi connectivity index (χ0n) is 14.5. The van der Waals surface area contributed by atoms with Crippen molar-refractivity contribution < 1.29 is 13.2 Å². The van der Waals surface area contributed by atoms with Gasteiger partial charge in [0.1, 0.15) is 0 Å². The zero-order chi connectivity index (χ0) is 18.7. The lowest BCUT2D eigenvalue weighted by Gasteiger charge is -2.32. The molecule has 1 unspecified atom stereocenters. The van der Waals surface area contributed by atoms with Crippen molar-refractivity contribution in [1.29, 1.82) is 0 Å². The fourth-order valence-corrected chi connectivity index (χ4v) is 5.39. The molecule has 0 bridgehead atoms. The molecule has 7 heteroatoms. The first-order valence-corrected chi connectivity index (χ1v) is 11.1. The number of piperidine rings is 1. The van der Waals surface area contributed by atoms with Gasteiger partial charge in [-0.2, -0.15) is 4.31 Å². The van der Waals surface area contributed by atoms with Crippen LogP contribution in [-0.4, -0.2) is 31.2 Å². The van der Waals surface area contributed by atoms with Crippen molar-refractivity contribution >= 4 is 44.2 Å². The van der Waals surface area contributed by atoms with Crippen molar-refractivity contribution in [2.75, 3.05) is 11.9 Å². The van der Waals surface area contributed by atoms with Crippen LogP contribution in [0.5, 0.6) is 0 Å². The van der Waals surface area contributed by atoms with Gasteiger partial charge in [-0.15, -0.1) is 0 Å². The average molecular weight is 484 g/mol. The number of benzene rings is 2. The molecule has 0 aliphatic carbocycles. The molecule has 26 heavy (non-hydrogen) atoms. The number of halogens is 1. The minimum absolute atomic E-state index is 0.0165. The summed E-state index contributed by atoms with van der Waals surface area (Å²) >= 11 is 2.15. The summed E-state index contributed by atoms with van der Waals surface area (Å²) in [6, 6.07) is 13.7. The average Bonchev–Trinajstić information content (AvgIpc) is 2.64. The molecule has 1 aliphatic heterocycles. The highest BCUT2D eigenvalue weighted by Crippen LogP contribution is 2.26. The SMILES string of the molecule is CC1CCCCN1S(=O)(=O)c1cccc(C(=O)Nc2ccccc2I)c1. The van der Waals surface area contributed by atoms with Gasteiger partial charge in [0.05, 0.1) is 10.6 Å². The van der Waals surface area contributed by atoms with E-state index in [9.17, 15) is 13.2 Å². The van der Waals surface area contributed by atoms with E-state index in [-0.39, 0.29) is 16.8 Å². The molecule has 1 N–H and O–H groups in total. The van der Waals surface area contributed by atoms with Crippen LogP contribution in [0.15, 0.2) is 53.4 Å². The number of nitrogens with zero attached hydrogens (tertiary/aromatic N) is 1. The van der Waals surface area contributed by atoms with Crippen LogP contribution in [0.3, 0.4) is 0 Å². The van der Waals surface area contributed by atoms with Crippen LogP contribution in [0.2, 0.25) is 0 Å². The molecular weight excluding hydrogens is 463 g/mol. The van der Waals surface area contributed by atoms with Crippen molar-refractivity contribution in [1.82, 2.24) is 4.31 Å². The molecule has 0 spiro atoms. The normalized spacial score (nSPS) is 18.5. The minimum Gasteiger partial charge on any atom is -0.321 e. The summed E-state index contributed by atoms with van der Waals surface area (Å²) in [6.45, 7) is 2.47. The van der Waals surface area contributed by atoms with Gasteiger partial charge in [-0.05, 0) is 72.7 Å². The van der Waals surface area contributed by atoms with E-state index in [2.05, 4.69) is 27.9 Å². The molecule has 1 saturated heterocycles. The Morgan fingerprint density at radius 3 is 2.65 bits per heavy atom. The second-order valence-electron chi connectivity index (χ2n) is 6.42. The molecule has 1 atom stereocenters. The van der Waals surface area contributed by atoms with Crippen LogP contribution >= 0.6 is 22.6 Å². The van der Waals surface area contributed by atoms with E-state index in [0.29, 0.717) is 17.8 Å². The Hall–Kier alpha value is -1.45. The Balaban J connectivity index is 1.86. The quantitative estimate of drug-likeness (QED) is 0.665. The van der Waals surface area contributed by atoms with Gasteiger partial charge >= 0.3 is 0 Å². The maximum absolute atomic E-state index is 13.0. The highest BCUT2D eigenvalue weighted by Gasteiger charge is 2.31. The lowest BCUT2D eigenvalue weighted by molar-refractivity contribution is 0.102. The van der Waals surface area contributed by atoms with Gasteiger partial charge < -0.3 is 5.32 Å². The van der Waals surface area contributed by atoms with E-state index in [1.54, 1.807) is 22.5 Å². The van der Waals surface area contributed by atoms with E-state index in [4.69, 9.17) is 0 Å². The fraction of sp³-hybridized carbons (Fsp3) is 0.316. The van der Waals surface area contributed by atoms with Crippen LogP contribution in [0.4, 0.5) is 5.69 Å².